The highest BCUT2D eigenvalue weighted by molar-refractivity contribution is 5.55. The SMILES string of the molecule is COCCN(c1cccc(F)c1CO)C1CC1. The topological polar surface area (TPSA) is 32.7 Å². The van der Waals surface area contributed by atoms with Crippen LogP contribution in [-0.4, -0.2) is 31.4 Å². The van der Waals surface area contributed by atoms with Crippen molar-refractivity contribution in [1.29, 1.82) is 0 Å². The maximum absolute atomic E-state index is 13.6. The van der Waals surface area contributed by atoms with Crippen molar-refractivity contribution in [2.75, 3.05) is 25.2 Å². The van der Waals surface area contributed by atoms with Gasteiger partial charge in [0.25, 0.3) is 0 Å². The maximum Gasteiger partial charge on any atom is 0.130 e. The summed E-state index contributed by atoms with van der Waals surface area (Å²) in [6.45, 7) is 1.08. The third-order valence-electron chi connectivity index (χ3n) is 3.09. The van der Waals surface area contributed by atoms with Crippen molar-refractivity contribution in [2.45, 2.75) is 25.5 Å². The third-order valence-corrected chi connectivity index (χ3v) is 3.09. The summed E-state index contributed by atoms with van der Waals surface area (Å²) in [5, 5.41) is 9.28. The first kappa shape index (κ1) is 12.3. The van der Waals surface area contributed by atoms with Crippen LogP contribution < -0.4 is 4.90 Å². The van der Waals surface area contributed by atoms with Gasteiger partial charge in [-0.25, -0.2) is 4.39 Å². The fraction of sp³-hybridized carbons (Fsp3) is 0.538. The number of anilines is 1. The van der Waals surface area contributed by atoms with Crippen molar-refractivity contribution >= 4 is 5.69 Å². The Morgan fingerprint density at radius 3 is 2.82 bits per heavy atom. The van der Waals surface area contributed by atoms with Crippen molar-refractivity contribution in [1.82, 2.24) is 0 Å². The van der Waals surface area contributed by atoms with Crippen molar-refractivity contribution in [3.63, 3.8) is 0 Å². The third kappa shape index (κ3) is 2.76. The van der Waals surface area contributed by atoms with Crippen LogP contribution in [0.3, 0.4) is 0 Å². The number of halogens is 1. The standard InChI is InChI=1S/C13H18FNO2/c1-17-8-7-15(10-5-6-10)13-4-2-3-12(14)11(13)9-16/h2-4,10,16H,5-9H2,1H3. The van der Waals surface area contributed by atoms with Gasteiger partial charge in [0.1, 0.15) is 5.82 Å². The average molecular weight is 239 g/mol. The summed E-state index contributed by atoms with van der Waals surface area (Å²) < 4.78 is 18.7. The molecule has 0 bridgehead atoms. The molecule has 0 spiro atoms. The Morgan fingerprint density at radius 1 is 1.47 bits per heavy atom. The Hall–Kier alpha value is -1.13. The van der Waals surface area contributed by atoms with Gasteiger partial charge in [0, 0.05) is 30.9 Å². The van der Waals surface area contributed by atoms with Crippen LogP contribution >= 0.6 is 0 Å². The van der Waals surface area contributed by atoms with Crippen LogP contribution in [0, 0.1) is 5.82 Å². The second-order valence-electron chi connectivity index (χ2n) is 4.31. The van der Waals surface area contributed by atoms with Crippen molar-refractivity contribution in [3.05, 3.63) is 29.6 Å². The molecule has 1 N–H and O–H groups in total. The first-order valence-corrected chi connectivity index (χ1v) is 5.91. The van der Waals surface area contributed by atoms with Gasteiger partial charge in [-0.2, -0.15) is 0 Å². The van der Waals surface area contributed by atoms with Crippen LogP contribution in [0.5, 0.6) is 0 Å². The molecule has 0 unspecified atom stereocenters. The number of nitrogens with zero attached hydrogens (tertiary/aromatic N) is 1. The summed E-state index contributed by atoms with van der Waals surface area (Å²) in [5.74, 6) is -0.340. The van der Waals surface area contributed by atoms with Crippen LogP contribution in [0.2, 0.25) is 0 Å². The quantitative estimate of drug-likeness (QED) is 0.823. The van der Waals surface area contributed by atoms with E-state index in [1.165, 1.54) is 6.07 Å². The van der Waals surface area contributed by atoms with Crippen molar-refractivity contribution in [2.24, 2.45) is 0 Å². The molecular formula is C13H18FNO2. The highest BCUT2D eigenvalue weighted by atomic mass is 19.1. The molecule has 0 saturated heterocycles. The lowest BCUT2D eigenvalue weighted by atomic mass is 10.1. The Bertz CT molecular complexity index is 380. The molecule has 0 atom stereocenters. The molecule has 0 aromatic heterocycles. The number of rotatable bonds is 6. The molecular weight excluding hydrogens is 221 g/mol. The van der Waals surface area contributed by atoms with E-state index < -0.39 is 0 Å². The molecule has 1 aliphatic rings. The monoisotopic (exact) mass is 239 g/mol. The van der Waals surface area contributed by atoms with E-state index >= 15 is 0 Å². The minimum Gasteiger partial charge on any atom is -0.391 e. The van der Waals surface area contributed by atoms with Crippen LogP contribution in [0.15, 0.2) is 18.2 Å². The Morgan fingerprint density at radius 2 is 2.24 bits per heavy atom. The maximum atomic E-state index is 13.6. The molecule has 94 valence electrons. The zero-order valence-electron chi connectivity index (χ0n) is 10.0. The molecule has 0 amide bonds. The Balaban J connectivity index is 2.25. The summed E-state index contributed by atoms with van der Waals surface area (Å²) in [5.41, 5.74) is 1.18. The predicted molar refractivity (Wildman–Crippen MR) is 64.6 cm³/mol. The fourth-order valence-corrected chi connectivity index (χ4v) is 2.05. The van der Waals surface area contributed by atoms with E-state index in [-0.39, 0.29) is 12.4 Å². The molecule has 1 aromatic carbocycles. The molecule has 17 heavy (non-hydrogen) atoms. The summed E-state index contributed by atoms with van der Waals surface area (Å²) in [6.07, 6.45) is 2.26. The van der Waals surface area contributed by atoms with Crippen molar-refractivity contribution in [3.8, 4) is 0 Å². The van der Waals surface area contributed by atoms with Gasteiger partial charge in [-0.05, 0) is 25.0 Å². The number of methoxy groups -OCH3 is 1. The molecule has 0 aliphatic heterocycles. The van der Waals surface area contributed by atoms with Crippen LogP contribution in [0.1, 0.15) is 18.4 Å². The fourth-order valence-electron chi connectivity index (χ4n) is 2.05. The number of hydrogen-bond donors (Lipinski definition) is 1. The molecule has 3 nitrogen and oxygen atoms in total. The molecule has 4 heteroatoms. The van der Waals surface area contributed by atoms with Gasteiger partial charge in [0.15, 0.2) is 0 Å². The van der Waals surface area contributed by atoms with Gasteiger partial charge in [-0.1, -0.05) is 6.07 Å². The first-order chi connectivity index (χ1) is 8.27. The van der Waals surface area contributed by atoms with E-state index in [1.807, 2.05) is 6.07 Å². The normalized spacial score (nSPS) is 15.0. The smallest absolute Gasteiger partial charge is 0.130 e. The molecule has 1 fully saturated rings. The van der Waals surface area contributed by atoms with Gasteiger partial charge in [-0.3, -0.25) is 0 Å². The second-order valence-corrected chi connectivity index (χ2v) is 4.31. The summed E-state index contributed by atoms with van der Waals surface area (Å²) in [6, 6.07) is 5.41. The molecule has 0 radical (unpaired) electrons. The summed E-state index contributed by atoms with van der Waals surface area (Å²) in [4.78, 5) is 2.14. The van der Waals surface area contributed by atoms with Crippen LogP contribution in [0.4, 0.5) is 10.1 Å². The lowest BCUT2D eigenvalue weighted by Gasteiger charge is -2.26. The summed E-state index contributed by atoms with van der Waals surface area (Å²) >= 11 is 0. The van der Waals surface area contributed by atoms with Crippen LogP contribution in [0.25, 0.3) is 0 Å². The number of aliphatic hydroxyl groups excluding tert-OH is 1. The second kappa shape index (κ2) is 5.47. The number of ether oxygens (including phenoxy) is 1. The zero-order valence-corrected chi connectivity index (χ0v) is 10.0. The van der Waals surface area contributed by atoms with Gasteiger partial charge in [0.2, 0.25) is 0 Å². The molecule has 1 saturated carbocycles. The molecule has 1 aromatic rings. The van der Waals surface area contributed by atoms with E-state index in [0.717, 1.165) is 25.1 Å². The van der Waals surface area contributed by atoms with Gasteiger partial charge in [-0.15, -0.1) is 0 Å². The zero-order chi connectivity index (χ0) is 12.3. The van der Waals surface area contributed by atoms with Crippen LogP contribution in [-0.2, 0) is 11.3 Å². The molecule has 2 rings (SSSR count). The largest absolute Gasteiger partial charge is 0.391 e. The van der Waals surface area contributed by atoms with Gasteiger partial charge in [0.05, 0.1) is 13.2 Å². The van der Waals surface area contributed by atoms with E-state index in [1.54, 1.807) is 13.2 Å². The first-order valence-electron chi connectivity index (χ1n) is 5.91. The van der Waals surface area contributed by atoms with E-state index in [9.17, 15) is 9.50 Å². The van der Waals surface area contributed by atoms with E-state index in [0.29, 0.717) is 18.2 Å². The lowest BCUT2D eigenvalue weighted by molar-refractivity contribution is 0.204. The van der Waals surface area contributed by atoms with E-state index in [4.69, 9.17) is 4.74 Å². The Kier molecular flexibility index (Phi) is 3.97. The minimum atomic E-state index is -0.340. The number of hydrogen-bond acceptors (Lipinski definition) is 3. The minimum absolute atomic E-state index is 0.266. The Labute approximate surface area is 101 Å². The highest BCUT2D eigenvalue weighted by Gasteiger charge is 2.30. The van der Waals surface area contributed by atoms with E-state index in [2.05, 4.69) is 4.90 Å². The van der Waals surface area contributed by atoms with Crippen molar-refractivity contribution < 1.29 is 14.2 Å². The highest BCUT2D eigenvalue weighted by Crippen LogP contribution is 2.34. The number of aliphatic hydroxyl groups is 1. The molecule has 0 heterocycles. The lowest BCUT2D eigenvalue weighted by Crippen LogP contribution is -2.30. The van der Waals surface area contributed by atoms with Gasteiger partial charge >= 0.3 is 0 Å². The predicted octanol–water partition coefficient (Wildman–Crippen LogP) is 1.93. The summed E-state index contributed by atoms with van der Waals surface area (Å²) in [7, 11) is 1.66. The molecule has 1 aliphatic carbocycles. The average Bonchev–Trinajstić information content (AvgIpc) is 3.14. The van der Waals surface area contributed by atoms with Gasteiger partial charge < -0.3 is 14.7 Å². The number of benzene rings is 1.